The van der Waals surface area contributed by atoms with Crippen LogP contribution in [0.15, 0.2) is 11.4 Å². The van der Waals surface area contributed by atoms with Crippen LogP contribution in [-0.2, 0) is 4.74 Å². The first-order valence-corrected chi connectivity index (χ1v) is 7.46. The van der Waals surface area contributed by atoms with E-state index in [-0.39, 0.29) is 5.60 Å². The molecule has 17 heavy (non-hydrogen) atoms. The summed E-state index contributed by atoms with van der Waals surface area (Å²) in [4.78, 5) is 1.38. The van der Waals surface area contributed by atoms with Crippen molar-refractivity contribution in [2.45, 2.75) is 51.7 Å². The normalized spacial score (nSPS) is 27.0. The largest absolute Gasteiger partial charge is 0.373 e. The molecule has 1 aromatic heterocycles. The average Bonchev–Trinajstić information content (AvgIpc) is 2.73. The molecule has 0 aliphatic carbocycles. The van der Waals surface area contributed by atoms with Gasteiger partial charge in [-0.2, -0.15) is 0 Å². The smallest absolute Gasteiger partial charge is 0.0848 e. The molecule has 0 saturated carbocycles. The zero-order valence-corrected chi connectivity index (χ0v) is 11.9. The molecule has 2 rings (SSSR count). The van der Waals surface area contributed by atoms with Gasteiger partial charge in [0.05, 0.1) is 11.6 Å². The van der Waals surface area contributed by atoms with Gasteiger partial charge >= 0.3 is 0 Å². The monoisotopic (exact) mass is 253 g/mol. The van der Waals surface area contributed by atoms with Crippen molar-refractivity contribution in [3.05, 3.63) is 21.9 Å². The molecular weight excluding hydrogens is 230 g/mol. The molecule has 0 aromatic carbocycles. The van der Waals surface area contributed by atoms with Gasteiger partial charge in [0.25, 0.3) is 0 Å². The van der Waals surface area contributed by atoms with Gasteiger partial charge in [0.1, 0.15) is 0 Å². The lowest BCUT2D eigenvalue weighted by Crippen LogP contribution is -2.45. The van der Waals surface area contributed by atoms with Gasteiger partial charge in [0, 0.05) is 11.5 Å². The molecule has 1 fully saturated rings. The van der Waals surface area contributed by atoms with Crippen LogP contribution in [0.25, 0.3) is 0 Å². The van der Waals surface area contributed by atoms with Crippen LogP contribution in [0.3, 0.4) is 0 Å². The molecule has 0 bridgehead atoms. The highest BCUT2D eigenvalue weighted by Crippen LogP contribution is 2.37. The fraction of sp³-hybridized carbons (Fsp3) is 0.714. The van der Waals surface area contributed by atoms with Crippen molar-refractivity contribution in [1.29, 1.82) is 0 Å². The van der Waals surface area contributed by atoms with E-state index < -0.39 is 0 Å². The minimum atomic E-state index is -0.0399. The van der Waals surface area contributed by atoms with Crippen LogP contribution in [0.5, 0.6) is 0 Å². The lowest BCUT2D eigenvalue weighted by atomic mass is 9.85. The van der Waals surface area contributed by atoms with Crippen molar-refractivity contribution in [2.24, 2.45) is 0 Å². The Kier molecular flexibility index (Phi) is 4.23. The number of thiophene rings is 1. The summed E-state index contributed by atoms with van der Waals surface area (Å²) in [6.07, 6.45) is 3.64. The maximum absolute atomic E-state index is 6.09. The molecule has 2 heterocycles. The number of hydrogen-bond acceptors (Lipinski definition) is 3. The van der Waals surface area contributed by atoms with Crippen molar-refractivity contribution in [1.82, 2.24) is 5.32 Å². The van der Waals surface area contributed by atoms with Gasteiger partial charge < -0.3 is 10.1 Å². The molecule has 1 aromatic rings. The molecule has 96 valence electrons. The van der Waals surface area contributed by atoms with E-state index in [4.69, 9.17) is 4.74 Å². The van der Waals surface area contributed by atoms with E-state index in [1.165, 1.54) is 23.3 Å². The summed E-state index contributed by atoms with van der Waals surface area (Å²) in [5, 5.41) is 5.87. The van der Waals surface area contributed by atoms with Crippen LogP contribution < -0.4 is 5.32 Å². The van der Waals surface area contributed by atoms with Crippen molar-refractivity contribution >= 4 is 11.3 Å². The topological polar surface area (TPSA) is 21.3 Å². The van der Waals surface area contributed by atoms with Crippen molar-refractivity contribution in [2.75, 3.05) is 13.2 Å². The Morgan fingerprint density at radius 3 is 2.88 bits per heavy atom. The Morgan fingerprint density at radius 1 is 1.53 bits per heavy atom. The second-order valence-electron chi connectivity index (χ2n) is 5.10. The third-order valence-electron chi connectivity index (χ3n) is 3.60. The molecule has 1 aliphatic rings. The maximum atomic E-state index is 6.09. The number of rotatable bonds is 4. The summed E-state index contributed by atoms with van der Waals surface area (Å²) >= 11 is 1.83. The Hall–Kier alpha value is -0.380. The van der Waals surface area contributed by atoms with E-state index in [9.17, 15) is 0 Å². The molecule has 0 radical (unpaired) electrons. The fourth-order valence-electron chi connectivity index (χ4n) is 2.69. The predicted molar refractivity (Wildman–Crippen MR) is 73.7 cm³/mol. The van der Waals surface area contributed by atoms with Gasteiger partial charge in [0.15, 0.2) is 0 Å². The van der Waals surface area contributed by atoms with Crippen LogP contribution in [0.1, 0.15) is 49.6 Å². The number of hydrogen-bond donors (Lipinski definition) is 1. The number of likely N-dealkylation sites (N-methyl/N-ethyl adjacent to an activating group) is 1. The Morgan fingerprint density at radius 2 is 2.35 bits per heavy atom. The summed E-state index contributed by atoms with van der Waals surface area (Å²) in [5.41, 5.74) is 1.35. The first-order valence-electron chi connectivity index (χ1n) is 6.58. The third-order valence-corrected chi connectivity index (χ3v) is 4.48. The van der Waals surface area contributed by atoms with Crippen LogP contribution in [0, 0.1) is 6.92 Å². The van der Waals surface area contributed by atoms with Crippen LogP contribution in [0.2, 0.25) is 0 Å². The Balaban J connectivity index is 2.21. The van der Waals surface area contributed by atoms with Gasteiger partial charge in [-0.15, -0.1) is 11.3 Å². The molecule has 2 atom stereocenters. The molecule has 1 saturated heterocycles. The predicted octanol–water partition coefficient (Wildman–Crippen LogP) is 3.67. The molecule has 1 N–H and O–H groups in total. The molecular formula is C14H23NOS. The van der Waals surface area contributed by atoms with Crippen molar-refractivity contribution in [3.63, 3.8) is 0 Å². The first-order chi connectivity index (χ1) is 8.15. The summed E-state index contributed by atoms with van der Waals surface area (Å²) in [6, 6.07) is 2.62. The SMILES string of the molecule is CCNC(c1csc(C)c1)C1(C)CCCCO1. The van der Waals surface area contributed by atoms with Gasteiger partial charge in [-0.05, 0) is 56.7 Å². The van der Waals surface area contributed by atoms with E-state index in [1.807, 2.05) is 11.3 Å². The lowest BCUT2D eigenvalue weighted by Gasteiger charge is -2.41. The van der Waals surface area contributed by atoms with Crippen LogP contribution in [-0.4, -0.2) is 18.8 Å². The molecule has 1 aliphatic heterocycles. The minimum absolute atomic E-state index is 0.0399. The standard InChI is InChI=1S/C14H23NOS/c1-4-15-13(12-9-11(2)17-10-12)14(3)7-5-6-8-16-14/h9-10,13,15H,4-8H2,1-3H3. The number of aryl methyl sites for hydroxylation is 1. The highest BCUT2D eigenvalue weighted by Gasteiger charge is 2.37. The Bertz CT molecular complexity index is 355. The summed E-state index contributed by atoms with van der Waals surface area (Å²) in [7, 11) is 0. The van der Waals surface area contributed by atoms with Gasteiger partial charge in [-0.1, -0.05) is 6.92 Å². The lowest BCUT2D eigenvalue weighted by molar-refractivity contribution is -0.0894. The van der Waals surface area contributed by atoms with Gasteiger partial charge in [-0.3, -0.25) is 0 Å². The van der Waals surface area contributed by atoms with E-state index in [2.05, 4.69) is 37.5 Å². The van der Waals surface area contributed by atoms with E-state index in [0.717, 1.165) is 19.6 Å². The van der Waals surface area contributed by atoms with Crippen molar-refractivity contribution in [3.8, 4) is 0 Å². The molecule has 0 spiro atoms. The highest BCUT2D eigenvalue weighted by atomic mass is 32.1. The zero-order valence-electron chi connectivity index (χ0n) is 11.1. The summed E-state index contributed by atoms with van der Waals surface area (Å²) in [5.74, 6) is 0. The zero-order chi connectivity index (χ0) is 12.3. The van der Waals surface area contributed by atoms with Gasteiger partial charge in [0.2, 0.25) is 0 Å². The first kappa shape index (κ1) is 13.1. The van der Waals surface area contributed by atoms with E-state index in [1.54, 1.807) is 0 Å². The Labute approximate surface area is 108 Å². The minimum Gasteiger partial charge on any atom is -0.373 e. The molecule has 2 unspecified atom stereocenters. The molecule has 2 nitrogen and oxygen atoms in total. The van der Waals surface area contributed by atoms with Crippen LogP contribution in [0.4, 0.5) is 0 Å². The van der Waals surface area contributed by atoms with Gasteiger partial charge in [-0.25, -0.2) is 0 Å². The average molecular weight is 253 g/mol. The highest BCUT2D eigenvalue weighted by molar-refractivity contribution is 7.10. The summed E-state index contributed by atoms with van der Waals surface area (Å²) < 4.78 is 6.09. The second-order valence-corrected chi connectivity index (χ2v) is 6.21. The fourth-order valence-corrected chi connectivity index (χ4v) is 3.42. The summed E-state index contributed by atoms with van der Waals surface area (Å²) in [6.45, 7) is 8.48. The third kappa shape index (κ3) is 2.90. The van der Waals surface area contributed by atoms with Crippen molar-refractivity contribution < 1.29 is 4.74 Å². The number of ether oxygens (including phenoxy) is 1. The molecule has 3 heteroatoms. The molecule has 0 amide bonds. The van der Waals surface area contributed by atoms with E-state index >= 15 is 0 Å². The van der Waals surface area contributed by atoms with E-state index in [0.29, 0.717) is 6.04 Å². The maximum Gasteiger partial charge on any atom is 0.0848 e. The number of nitrogens with one attached hydrogen (secondary N) is 1. The van der Waals surface area contributed by atoms with Crippen LogP contribution >= 0.6 is 11.3 Å². The second kappa shape index (κ2) is 5.51. The quantitative estimate of drug-likeness (QED) is 0.884.